The summed E-state index contributed by atoms with van der Waals surface area (Å²) in [5.41, 5.74) is 0.441. The van der Waals surface area contributed by atoms with Gasteiger partial charge >= 0.3 is 5.97 Å². The number of carboxylic acid groups (broad SMARTS) is 1. The number of rotatable bonds is 5. The molecular formula is C19H25N3O4. The highest BCUT2D eigenvalue weighted by Crippen LogP contribution is 2.26. The molecule has 2 rings (SSSR count). The van der Waals surface area contributed by atoms with Gasteiger partial charge in [0.05, 0.1) is 23.5 Å². The second-order valence-corrected chi connectivity index (χ2v) is 7.68. The van der Waals surface area contributed by atoms with E-state index in [0.717, 1.165) is 18.2 Å². The minimum Gasteiger partial charge on any atom is -0.479 e. The third kappa shape index (κ3) is 4.29. The van der Waals surface area contributed by atoms with Crippen LogP contribution in [-0.2, 0) is 10.2 Å². The zero-order valence-corrected chi connectivity index (χ0v) is 15.7. The van der Waals surface area contributed by atoms with E-state index in [1.807, 2.05) is 52.0 Å². The van der Waals surface area contributed by atoms with Crippen molar-refractivity contribution in [2.24, 2.45) is 0 Å². The van der Waals surface area contributed by atoms with E-state index in [2.05, 4.69) is 10.4 Å². The lowest BCUT2D eigenvalue weighted by molar-refractivity contribution is -0.155. The van der Waals surface area contributed by atoms with Crippen molar-refractivity contribution in [2.45, 2.75) is 45.6 Å². The molecule has 1 unspecified atom stereocenters. The molecule has 0 spiro atoms. The number of amides is 1. The molecule has 140 valence electrons. The molecule has 1 aromatic carbocycles. The van der Waals surface area contributed by atoms with Gasteiger partial charge in [-0.25, -0.2) is 9.48 Å². The van der Waals surface area contributed by atoms with Gasteiger partial charge in [-0.05, 0) is 26.0 Å². The molecule has 0 aliphatic rings. The second kappa shape index (κ2) is 6.92. The SMILES string of the molecule is Cc1ccc(-n2cc(C(=O)NCC(C)(O)C(=O)O)c(C(C)(C)C)n2)cc1. The maximum atomic E-state index is 12.6. The van der Waals surface area contributed by atoms with E-state index in [1.54, 1.807) is 10.9 Å². The first-order valence-corrected chi connectivity index (χ1v) is 8.33. The van der Waals surface area contributed by atoms with Crippen molar-refractivity contribution >= 4 is 11.9 Å². The summed E-state index contributed by atoms with van der Waals surface area (Å²) < 4.78 is 1.63. The van der Waals surface area contributed by atoms with Crippen LogP contribution in [0.25, 0.3) is 5.69 Å². The molecule has 0 fully saturated rings. The summed E-state index contributed by atoms with van der Waals surface area (Å²) >= 11 is 0. The number of carbonyl (C=O) groups excluding carboxylic acids is 1. The van der Waals surface area contributed by atoms with E-state index in [1.165, 1.54) is 0 Å². The first-order valence-electron chi connectivity index (χ1n) is 8.33. The van der Waals surface area contributed by atoms with Crippen molar-refractivity contribution < 1.29 is 19.8 Å². The largest absolute Gasteiger partial charge is 0.479 e. The summed E-state index contributed by atoms with van der Waals surface area (Å²) in [6, 6.07) is 7.73. The minimum atomic E-state index is -2.04. The normalized spacial score (nSPS) is 13.9. The van der Waals surface area contributed by atoms with Gasteiger partial charge in [0.25, 0.3) is 5.91 Å². The van der Waals surface area contributed by atoms with E-state index in [9.17, 15) is 14.7 Å². The Labute approximate surface area is 152 Å². The summed E-state index contributed by atoms with van der Waals surface area (Å²) in [5, 5.41) is 25.8. The van der Waals surface area contributed by atoms with E-state index in [-0.39, 0.29) is 0 Å². The lowest BCUT2D eigenvalue weighted by Crippen LogP contribution is -2.46. The molecule has 3 N–H and O–H groups in total. The average Bonchev–Trinajstić information content (AvgIpc) is 2.99. The predicted molar refractivity (Wildman–Crippen MR) is 97.6 cm³/mol. The number of carboxylic acids is 1. The van der Waals surface area contributed by atoms with Gasteiger partial charge in [0, 0.05) is 11.6 Å². The molecule has 0 aliphatic heterocycles. The van der Waals surface area contributed by atoms with Gasteiger partial charge in [0.15, 0.2) is 5.60 Å². The van der Waals surface area contributed by atoms with Crippen LogP contribution in [-0.4, -0.2) is 44.0 Å². The Morgan fingerprint density at radius 2 is 1.73 bits per heavy atom. The number of aliphatic hydroxyl groups is 1. The fraction of sp³-hybridized carbons (Fsp3) is 0.421. The molecule has 0 radical (unpaired) electrons. The fourth-order valence-corrected chi connectivity index (χ4v) is 2.35. The maximum Gasteiger partial charge on any atom is 0.337 e. The first kappa shape index (κ1) is 19.7. The molecule has 0 saturated carbocycles. The number of aryl methyl sites for hydroxylation is 1. The third-order valence-corrected chi connectivity index (χ3v) is 4.02. The molecule has 1 aromatic heterocycles. The van der Waals surface area contributed by atoms with Crippen LogP contribution in [0.5, 0.6) is 0 Å². The van der Waals surface area contributed by atoms with Crippen molar-refractivity contribution in [3.63, 3.8) is 0 Å². The summed E-state index contributed by atoms with van der Waals surface area (Å²) in [6.07, 6.45) is 1.62. The average molecular weight is 359 g/mol. The number of carbonyl (C=O) groups is 2. The standard InChI is InChI=1S/C19H25N3O4/c1-12-6-8-13(9-7-12)22-10-14(15(21-22)18(2,3)4)16(23)20-11-19(5,26)17(24)25/h6-10,26H,11H2,1-5H3,(H,20,23)(H,24,25). The van der Waals surface area contributed by atoms with E-state index in [4.69, 9.17) is 5.11 Å². The Kier molecular flexibility index (Phi) is 5.23. The number of hydrogen-bond acceptors (Lipinski definition) is 4. The molecule has 7 nitrogen and oxygen atoms in total. The lowest BCUT2D eigenvalue weighted by Gasteiger charge is -2.20. The lowest BCUT2D eigenvalue weighted by atomic mass is 9.89. The number of aromatic nitrogens is 2. The van der Waals surface area contributed by atoms with Crippen LogP contribution < -0.4 is 5.32 Å². The molecular weight excluding hydrogens is 334 g/mol. The van der Waals surface area contributed by atoms with Crippen molar-refractivity contribution in [1.29, 1.82) is 0 Å². The topological polar surface area (TPSA) is 104 Å². The van der Waals surface area contributed by atoms with Crippen LogP contribution >= 0.6 is 0 Å². The first-order chi connectivity index (χ1) is 11.9. The van der Waals surface area contributed by atoms with E-state index in [0.29, 0.717) is 11.3 Å². The van der Waals surface area contributed by atoms with Gasteiger partial charge in [-0.2, -0.15) is 5.10 Å². The fourth-order valence-electron chi connectivity index (χ4n) is 2.35. The Morgan fingerprint density at radius 1 is 1.15 bits per heavy atom. The van der Waals surface area contributed by atoms with Crippen LogP contribution in [0.2, 0.25) is 0 Å². The molecule has 1 amide bonds. The van der Waals surface area contributed by atoms with E-state index >= 15 is 0 Å². The number of nitrogens with zero attached hydrogens (tertiary/aromatic N) is 2. The minimum absolute atomic E-state index is 0.347. The third-order valence-electron chi connectivity index (χ3n) is 4.02. The summed E-state index contributed by atoms with van der Waals surface area (Å²) in [7, 11) is 0. The zero-order chi connectivity index (χ0) is 19.7. The zero-order valence-electron chi connectivity index (χ0n) is 15.7. The highest BCUT2D eigenvalue weighted by Gasteiger charge is 2.32. The molecule has 0 aliphatic carbocycles. The van der Waals surface area contributed by atoms with Crippen LogP contribution in [0, 0.1) is 6.92 Å². The second-order valence-electron chi connectivity index (χ2n) is 7.68. The van der Waals surface area contributed by atoms with Crippen LogP contribution in [0.4, 0.5) is 0 Å². The Morgan fingerprint density at radius 3 is 2.23 bits per heavy atom. The Hall–Kier alpha value is -2.67. The van der Waals surface area contributed by atoms with Crippen LogP contribution in [0.3, 0.4) is 0 Å². The van der Waals surface area contributed by atoms with E-state index < -0.39 is 29.4 Å². The monoisotopic (exact) mass is 359 g/mol. The van der Waals surface area contributed by atoms with Crippen molar-refractivity contribution in [2.75, 3.05) is 6.54 Å². The quantitative estimate of drug-likeness (QED) is 0.758. The maximum absolute atomic E-state index is 12.6. The van der Waals surface area contributed by atoms with Gasteiger partial charge in [-0.3, -0.25) is 4.79 Å². The summed E-state index contributed by atoms with van der Waals surface area (Å²) in [6.45, 7) is 8.55. The number of aliphatic carboxylic acids is 1. The molecule has 2 aromatic rings. The van der Waals surface area contributed by atoms with Gasteiger partial charge < -0.3 is 15.5 Å². The van der Waals surface area contributed by atoms with Gasteiger partial charge in [-0.1, -0.05) is 38.5 Å². The predicted octanol–water partition coefficient (Wildman–Crippen LogP) is 2.04. The summed E-state index contributed by atoms with van der Waals surface area (Å²) in [4.78, 5) is 23.6. The smallest absolute Gasteiger partial charge is 0.337 e. The van der Waals surface area contributed by atoms with Gasteiger partial charge in [0.2, 0.25) is 0 Å². The number of nitrogens with one attached hydrogen (secondary N) is 1. The Balaban J connectivity index is 2.36. The molecule has 0 bridgehead atoms. The number of hydrogen-bond donors (Lipinski definition) is 3. The van der Waals surface area contributed by atoms with Gasteiger partial charge in [-0.15, -0.1) is 0 Å². The molecule has 1 atom stereocenters. The Bertz CT molecular complexity index is 814. The molecule has 0 saturated heterocycles. The van der Waals surface area contributed by atoms with Crippen molar-refractivity contribution in [3.8, 4) is 5.69 Å². The van der Waals surface area contributed by atoms with Crippen LogP contribution in [0.1, 0.15) is 49.3 Å². The van der Waals surface area contributed by atoms with Crippen LogP contribution in [0.15, 0.2) is 30.5 Å². The highest BCUT2D eigenvalue weighted by atomic mass is 16.4. The number of benzene rings is 1. The molecule has 7 heteroatoms. The van der Waals surface area contributed by atoms with Crippen molar-refractivity contribution in [3.05, 3.63) is 47.3 Å². The highest BCUT2D eigenvalue weighted by molar-refractivity contribution is 5.96. The summed E-state index contributed by atoms with van der Waals surface area (Å²) in [5.74, 6) is -1.88. The molecule has 26 heavy (non-hydrogen) atoms. The molecule has 1 heterocycles. The van der Waals surface area contributed by atoms with Crippen molar-refractivity contribution in [1.82, 2.24) is 15.1 Å². The van der Waals surface area contributed by atoms with Gasteiger partial charge in [0.1, 0.15) is 0 Å².